The van der Waals surface area contributed by atoms with Crippen molar-refractivity contribution in [3.8, 4) is 11.1 Å². The Morgan fingerprint density at radius 2 is 1.65 bits per heavy atom. The van der Waals surface area contributed by atoms with Gasteiger partial charge in [-0.15, -0.1) is 0 Å². The van der Waals surface area contributed by atoms with Crippen molar-refractivity contribution < 1.29 is 22.7 Å². The maximum atomic E-state index is 13.7. The van der Waals surface area contributed by atoms with Crippen molar-refractivity contribution >= 4 is 23.6 Å². The first-order valence-corrected chi connectivity index (χ1v) is 15.2. The molecule has 1 amide bonds. The van der Waals surface area contributed by atoms with E-state index in [1.807, 2.05) is 62.2 Å². The molecule has 8 nitrogen and oxygen atoms in total. The largest absolute Gasteiger partial charge is 0.447 e. The number of hydrogen-bond donors (Lipinski definition) is 0. The molecule has 0 radical (unpaired) electrons. The summed E-state index contributed by atoms with van der Waals surface area (Å²) in [6.07, 6.45) is 4.53. The molecule has 0 bridgehead atoms. The Labute approximate surface area is 256 Å². The fourth-order valence-electron chi connectivity index (χ4n) is 5.64. The first-order valence-electron chi connectivity index (χ1n) is 14.8. The molecule has 1 aliphatic heterocycles. The summed E-state index contributed by atoms with van der Waals surface area (Å²) < 4.78 is 48.4. The molecule has 3 heterocycles. The van der Waals surface area contributed by atoms with Crippen molar-refractivity contribution in [3.05, 3.63) is 59.1 Å². The number of benzene rings is 1. The highest BCUT2D eigenvalue weighted by molar-refractivity contribution is 6.30. The van der Waals surface area contributed by atoms with E-state index in [4.69, 9.17) is 16.3 Å². The zero-order chi connectivity index (χ0) is 31.5. The minimum Gasteiger partial charge on any atom is -0.447 e. The lowest BCUT2D eigenvalue weighted by molar-refractivity contribution is -0.137. The van der Waals surface area contributed by atoms with Crippen LogP contribution in [-0.2, 0) is 17.5 Å². The van der Waals surface area contributed by atoms with Crippen LogP contribution in [0.5, 0.6) is 0 Å². The number of alkyl halides is 3. The molecule has 0 N–H and O–H groups in total. The summed E-state index contributed by atoms with van der Waals surface area (Å²) in [5.74, 6) is 0.390. The van der Waals surface area contributed by atoms with Crippen molar-refractivity contribution in [2.45, 2.75) is 110 Å². The number of carbonyl (C=O) groups is 1. The predicted molar refractivity (Wildman–Crippen MR) is 161 cm³/mol. The van der Waals surface area contributed by atoms with Gasteiger partial charge in [0.25, 0.3) is 0 Å². The monoisotopic (exact) mass is 620 g/mol. The third kappa shape index (κ3) is 7.79. The van der Waals surface area contributed by atoms with Crippen LogP contribution in [0.15, 0.2) is 43.0 Å². The van der Waals surface area contributed by atoms with Crippen molar-refractivity contribution in [1.29, 1.82) is 0 Å². The predicted octanol–water partition coefficient (Wildman–Crippen LogP) is 8.17. The minimum absolute atomic E-state index is 0.00678. The van der Waals surface area contributed by atoms with Crippen LogP contribution >= 0.6 is 11.6 Å². The number of piperidine rings is 1. The summed E-state index contributed by atoms with van der Waals surface area (Å²) in [4.78, 5) is 26.3. The lowest BCUT2D eigenvalue weighted by atomic mass is 9.87. The molecule has 12 heteroatoms. The molecule has 1 aliphatic rings. The van der Waals surface area contributed by atoms with Crippen LogP contribution in [0.4, 0.5) is 23.9 Å². The number of likely N-dealkylation sites (tertiary alicyclic amines) is 1. The third-order valence-electron chi connectivity index (χ3n) is 7.80. The average Bonchev–Trinajstić information content (AvgIpc) is 3.45. The normalized spacial score (nSPS) is 19.3. The summed E-state index contributed by atoms with van der Waals surface area (Å²) >= 11 is 6.15. The second kappa shape index (κ2) is 13.5. The van der Waals surface area contributed by atoms with Crippen LogP contribution < -0.4 is 4.90 Å². The average molecular weight is 621 g/mol. The van der Waals surface area contributed by atoms with E-state index in [9.17, 15) is 18.0 Å². The van der Waals surface area contributed by atoms with E-state index in [1.54, 1.807) is 24.7 Å². The molecule has 1 saturated heterocycles. The Hall–Kier alpha value is -3.34. The summed E-state index contributed by atoms with van der Waals surface area (Å²) in [5.41, 5.74) is 1.23. The van der Waals surface area contributed by atoms with Gasteiger partial charge < -0.3 is 14.5 Å². The SMILES string of the molecule is CC[C@@H]1CC(N(Cc2cc(Cl)cc(C(F)(F)F)c2)c2ncc(-c3cnn(C(C)C)c3)cn2)C[C@H](CC)N1C(=O)OC(C)C. The van der Waals surface area contributed by atoms with Gasteiger partial charge >= 0.3 is 12.3 Å². The molecular formula is C31H40ClF3N6O2. The van der Waals surface area contributed by atoms with Crippen molar-refractivity contribution in [2.24, 2.45) is 0 Å². The quantitative estimate of drug-likeness (QED) is 0.240. The van der Waals surface area contributed by atoms with Gasteiger partial charge in [-0.05, 0) is 77.1 Å². The Morgan fingerprint density at radius 1 is 1.02 bits per heavy atom. The second-order valence-corrected chi connectivity index (χ2v) is 12.1. The van der Waals surface area contributed by atoms with Crippen LogP contribution in [0, 0.1) is 0 Å². The maximum Gasteiger partial charge on any atom is 0.416 e. The highest BCUT2D eigenvalue weighted by atomic mass is 35.5. The van der Waals surface area contributed by atoms with Gasteiger partial charge in [-0.1, -0.05) is 25.4 Å². The van der Waals surface area contributed by atoms with Gasteiger partial charge in [-0.2, -0.15) is 18.3 Å². The number of ether oxygens (including phenoxy) is 1. The van der Waals surface area contributed by atoms with E-state index in [0.717, 1.165) is 23.3 Å². The molecule has 3 aromatic rings. The van der Waals surface area contributed by atoms with Gasteiger partial charge in [-0.3, -0.25) is 4.68 Å². The summed E-state index contributed by atoms with van der Waals surface area (Å²) in [6.45, 7) is 11.9. The van der Waals surface area contributed by atoms with E-state index in [1.165, 1.54) is 0 Å². The van der Waals surface area contributed by atoms with E-state index in [0.29, 0.717) is 37.2 Å². The third-order valence-corrected chi connectivity index (χ3v) is 8.02. The van der Waals surface area contributed by atoms with Gasteiger partial charge in [0.2, 0.25) is 5.95 Å². The lowest BCUT2D eigenvalue weighted by Crippen LogP contribution is -2.57. The number of anilines is 1. The molecule has 1 aromatic carbocycles. The maximum absolute atomic E-state index is 13.7. The van der Waals surface area contributed by atoms with Gasteiger partial charge in [0.05, 0.1) is 17.9 Å². The van der Waals surface area contributed by atoms with Gasteiger partial charge in [0.1, 0.15) is 0 Å². The molecule has 3 atom stereocenters. The lowest BCUT2D eigenvalue weighted by Gasteiger charge is -2.47. The number of hydrogen-bond acceptors (Lipinski definition) is 6. The Balaban J connectivity index is 1.71. The van der Waals surface area contributed by atoms with Crippen LogP contribution in [-0.4, -0.2) is 55.0 Å². The highest BCUT2D eigenvalue weighted by Crippen LogP contribution is 2.36. The van der Waals surface area contributed by atoms with Crippen molar-refractivity contribution in [3.63, 3.8) is 0 Å². The number of aromatic nitrogens is 4. The molecule has 0 saturated carbocycles. The Kier molecular flexibility index (Phi) is 10.2. The molecule has 0 aliphatic carbocycles. The number of halogens is 4. The molecule has 4 rings (SSSR count). The number of amides is 1. The van der Waals surface area contributed by atoms with Crippen LogP contribution in [0.25, 0.3) is 11.1 Å². The zero-order valence-corrected chi connectivity index (χ0v) is 26.2. The summed E-state index contributed by atoms with van der Waals surface area (Å²) in [7, 11) is 0. The molecule has 1 fully saturated rings. The van der Waals surface area contributed by atoms with Crippen molar-refractivity contribution in [1.82, 2.24) is 24.6 Å². The van der Waals surface area contributed by atoms with Gasteiger partial charge in [0.15, 0.2) is 0 Å². The highest BCUT2D eigenvalue weighted by Gasteiger charge is 2.41. The van der Waals surface area contributed by atoms with Gasteiger partial charge in [-0.25, -0.2) is 14.8 Å². The van der Waals surface area contributed by atoms with Gasteiger partial charge in [0, 0.05) is 65.5 Å². The fourth-order valence-corrected chi connectivity index (χ4v) is 5.90. The first-order chi connectivity index (χ1) is 20.3. The fraction of sp³-hybridized carbons (Fsp3) is 0.548. The zero-order valence-electron chi connectivity index (χ0n) is 25.5. The van der Waals surface area contributed by atoms with E-state index in [2.05, 4.69) is 15.1 Å². The van der Waals surface area contributed by atoms with E-state index in [-0.39, 0.29) is 47.9 Å². The molecule has 2 aromatic heterocycles. The standard InChI is InChI=1S/C31H40ClF3N6O2/c1-7-26-12-28(13-27(8-2)41(26)30(42)43-20(5)6)39(17-21-9-24(31(33,34)35)11-25(32)10-21)29-36-14-22(15-37-29)23-16-38-40(18-23)19(3)4/h9-11,14-16,18-20,26-28H,7-8,12-13,17H2,1-6H3/t26-,27+,28?. The van der Waals surface area contributed by atoms with Crippen molar-refractivity contribution in [2.75, 3.05) is 4.90 Å². The number of nitrogens with zero attached hydrogens (tertiary/aromatic N) is 6. The molecule has 234 valence electrons. The first kappa shape index (κ1) is 32.6. The number of rotatable bonds is 9. The molecular weight excluding hydrogens is 581 g/mol. The Bertz CT molecular complexity index is 1360. The van der Waals surface area contributed by atoms with Crippen LogP contribution in [0.3, 0.4) is 0 Å². The second-order valence-electron chi connectivity index (χ2n) is 11.6. The summed E-state index contributed by atoms with van der Waals surface area (Å²) in [6, 6.07) is 3.40. The molecule has 1 unspecified atom stereocenters. The summed E-state index contributed by atoms with van der Waals surface area (Å²) in [5, 5.41) is 4.40. The topological polar surface area (TPSA) is 76.4 Å². The smallest absolute Gasteiger partial charge is 0.416 e. The van der Waals surface area contributed by atoms with E-state index < -0.39 is 11.7 Å². The minimum atomic E-state index is -4.54. The molecule has 43 heavy (non-hydrogen) atoms. The van der Waals surface area contributed by atoms with Crippen LogP contribution in [0.1, 0.15) is 84.4 Å². The molecule has 0 spiro atoms. The Morgan fingerprint density at radius 3 is 2.16 bits per heavy atom. The van der Waals surface area contributed by atoms with Crippen LogP contribution in [0.2, 0.25) is 5.02 Å². The number of carbonyl (C=O) groups excluding carboxylic acids is 1. The van der Waals surface area contributed by atoms with E-state index >= 15 is 0 Å².